The van der Waals surface area contributed by atoms with Gasteiger partial charge >= 0.3 is 0 Å². The van der Waals surface area contributed by atoms with E-state index in [-0.39, 0.29) is 6.10 Å². The van der Waals surface area contributed by atoms with Crippen molar-refractivity contribution in [3.05, 3.63) is 18.2 Å². The van der Waals surface area contributed by atoms with Gasteiger partial charge in [0, 0.05) is 18.3 Å². The number of nitrogens with two attached hydrogens (primary N) is 1. The van der Waals surface area contributed by atoms with E-state index in [0.717, 1.165) is 12.2 Å². The molecule has 0 saturated heterocycles. The number of methoxy groups -OCH3 is 1. The van der Waals surface area contributed by atoms with Crippen LogP contribution in [-0.4, -0.2) is 24.9 Å². The SMILES string of the molecule is COc1cc(NCCC(C)O)ccc1N. The Kier molecular flexibility index (Phi) is 4.24. The molecule has 0 bridgehead atoms. The second-order valence-electron chi connectivity index (χ2n) is 3.52. The number of aliphatic hydroxyl groups excluding tert-OH is 1. The van der Waals surface area contributed by atoms with Crippen LogP contribution in [0.15, 0.2) is 18.2 Å². The number of hydrogen-bond acceptors (Lipinski definition) is 4. The molecule has 0 aliphatic heterocycles. The molecule has 15 heavy (non-hydrogen) atoms. The van der Waals surface area contributed by atoms with Gasteiger partial charge in [0.05, 0.1) is 18.9 Å². The molecule has 0 aliphatic rings. The summed E-state index contributed by atoms with van der Waals surface area (Å²) < 4.78 is 5.10. The summed E-state index contributed by atoms with van der Waals surface area (Å²) in [5.74, 6) is 0.664. The normalized spacial score (nSPS) is 12.2. The third-order valence-corrected chi connectivity index (χ3v) is 2.12. The van der Waals surface area contributed by atoms with Gasteiger partial charge in [-0.2, -0.15) is 0 Å². The predicted octanol–water partition coefficient (Wildman–Crippen LogP) is 1.46. The number of anilines is 2. The van der Waals surface area contributed by atoms with E-state index in [0.29, 0.717) is 17.9 Å². The minimum absolute atomic E-state index is 0.284. The standard InChI is InChI=1S/C11H18N2O2/c1-8(14)5-6-13-9-3-4-10(12)11(7-9)15-2/h3-4,7-8,13-14H,5-6,12H2,1-2H3. The number of aliphatic hydroxyl groups is 1. The maximum atomic E-state index is 9.09. The van der Waals surface area contributed by atoms with E-state index < -0.39 is 0 Å². The third kappa shape index (κ3) is 3.67. The zero-order valence-electron chi connectivity index (χ0n) is 9.16. The highest BCUT2D eigenvalue weighted by Crippen LogP contribution is 2.24. The highest BCUT2D eigenvalue weighted by molar-refractivity contribution is 5.61. The smallest absolute Gasteiger partial charge is 0.143 e. The molecule has 84 valence electrons. The zero-order valence-corrected chi connectivity index (χ0v) is 9.16. The average molecular weight is 210 g/mol. The van der Waals surface area contributed by atoms with Crippen molar-refractivity contribution < 1.29 is 9.84 Å². The number of nitrogen functional groups attached to an aromatic ring is 1. The number of benzene rings is 1. The van der Waals surface area contributed by atoms with Gasteiger partial charge in [-0.25, -0.2) is 0 Å². The molecule has 0 saturated carbocycles. The second kappa shape index (κ2) is 5.46. The second-order valence-corrected chi connectivity index (χ2v) is 3.52. The van der Waals surface area contributed by atoms with Crippen LogP contribution >= 0.6 is 0 Å². The minimum atomic E-state index is -0.284. The van der Waals surface area contributed by atoms with Crippen LogP contribution in [-0.2, 0) is 0 Å². The molecule has 1 aromatic carbocycles. The molecule has 4 N–H and O–H groups in total. The predicted molar refractivity (Wildman–Crippen MR) is 62.2 cm³/mol. The van der Waals surface area contributed by atoms with E-state index in [9.17, 15) is 0 Å². The maximum absolute atomic E-state index is 9.09. The molecule has 0 heterocycles. The zero-order chi connectivity index (χ0) is 11.3. The third-order valence-electron chi connectivity index (χ3n) is 2.12. The van der Waals surface area contributed by atoms with Crippen molar-refractivity contribution in [2.75, 3.05) is 24.7 Å². The molecule has 0 amide bonds. The fraction of sp³-hybridized carbons (Fsp3) is 0.455. The lowest BCUT2D eigenvalue weighted by molar-refractivity contribution is 0.189. The molecule has 1 rings (SSSR count). The van der Waals surface area contributed by atoms with Crippen LogP contribution in [0.4, 0.5) is 11.4 Å². The Morgan fingerprint density at radius 2 is 2.27 bits per heavy atom. The molecular formula is C11H18N2O2. The van der Waals surface area contributed by atoms with Crippen LogP contribution in [0.1, 0.15) is 13.3 Å². The highest BCUT2D eigenvalue weighted by atomic mass is 16.5. The summed E-state index contributed by atoms with van der Waals surface area (Å²) in [6.45, 7) is 2.50. The van der Waals surface area contributed by atoms with Gasteiger partial charge in [0.2, 0.25) is 0 Å². The van der Waals surface area contributed by atoms with Crippen LogP contribution in [0.5, 0.6) is 5.75 Å². The van der Waals surface area contributed by atoms with Crippen molar-refractivity contribution in [3.8, 4) is 5.75 Å². The van der Waals surface area contributed by atoms with Gasteiger partial charge in [0.25, 0.3) is 0 Å². The summed E-state index contributed by atoms with van der Waals surface area (Å²) in [7, 11) is 1.59. The van der Waals surface area contributed by atoms with E-state index >= 15 is 0 Å². The summed E-state index contributed by atoms with van der Waals surface area (Å²) in [6, 6.07) is 5.53. The van der Waals surface area contributed by atoms with Crippen LogP contribution in [0.3, 0.4) is 0 Å². The molecule has 4 heteroatoms. The summed E-state index contributed by atoms with van der Waals surface area (Å²) in [6.07, 6.45) is 0.431. The van der Waals surface area contributed by atoms with Crippen molar-refractivity contribution in [1.82, 2.24) is 0 Å². The Labute approximate surface area is 90.1 Å². The number of ether oxygens (including phenoxy) is 1. The minimum Gasteiger partial charge on any atom is -0.495 e. The summed E-state index contributed by atoms with van der Waals surface area (Å²) >= 11 is 0. The fourth-order valence-electron chi connectivity index (χ4n) is 1.25. The van der Waals surface area contributed by atoms with E-state index in [1.54, 1.807) is 20.1 Å². The largest absolute Gasteiger partial charge is 0.495 e. The van der Waals surface area contributed by atoms with Crippen LogP contribution in [0, 0.1) is 0 Å². The van der Waals surface area contributed by atoms with Crippen molar-refractivity contribution in [2.24, 2.45) is 0 Å². The van der Waals surface area contributed by atoms with Crippen molar-refractivity contribution >= 4 is 11.4 Å². The lowest BCUT2D eigenvalue weighted by Gasteiger charge is -2.10. The monoisotopic (exact) mass is 210 g/mol. The van der Waals surface area contributed by atoms with Crippen LogP contribution in [0.25, 0.3) is 0 Å². The van der Waals surface area contributed by atoms with Gasteiger partial charge in [0.1, 0.15) is 5.75 Å². The first-order chi connectivity index (χ1) is 7.13. The average Bonchev–Trinajstić information content (AvgIpc) is 2.20. The van der Waals surface area contributed by atoms with Crippen molar-refractivity contribution in [1.29, 1.82) is 0 Å². The summed E-state index contributed by atoms with van der Waals surface area (Å²) in [5, 5.41) is 12.3. The summed E-state index contributed by atoms with van der Waals surface area (Å²) in [5.41, 5.74) is 7.25. The molecule has 0 spiro atoms. The molecule has 0 aromatic heterocycles. The quantitative estimate of drug-likeness (QED) is 0.644. The van der Waals surface area contributed by atoms with Crippen LogP contribution in [0.2, 0.25) is 0 Å². The summed E-state index contributed by atoms with van der Waals surface area (Å²) in [4.78, 5) is 0. The lowest BCUT2D eigenvalue weighted by atomic mass is 10.2. The van der Waals surface area contributed by atoms with Crippen molar-refractivity contribution in [2.45, 2.75) is 19.4 Å². The van der Waals surface area contributed by atoms with Gasteiger partial charge in [-0.3, -0.25) is 0 Å². The molecular weight excluding hydrogens is 192 g/mol. The van der Waals surface area contributed by atoms with Crippen molar-refractivity contribution in [3.63, 3.8) is 0 Å². The molecule has 0 radical (unpaired) electrons. The Bertz CT molecular complexity index is 313. The number of nitrogens with one attached hydrogen (secondary N) is 1. The Balaban J connectivity index is 2.54. The van der Waals surface area contributed by atoms with Gasteiger partial charge in [-0.15, -0.1) is 0 Å². The Morgan fingerprint density at radius 1 is 1.53 bits per heavy atom. The topological polar surface area (TPSA) is 67.5 Å². The molecule has 1 unspecified atom stereocenters. The molecule has 1 aromatic rings. The molecule has 4 nitrogen and oxygen atoms in total. The van der Waals surface area contributed by atoms with E-state index in [1.807, 2.05) is 12.1 Å². The first-order valence-electron chi connectivity index (χ1n) is 4.99. The van der Waals surface area contributed by atoms with E-state index in [2.05, 4.69) is 5.32 Å². The van der Waals surface area contributed by atoms with E-state index in [4.69, 9.17) is 15.6 Å². The van der Waals surface area contributed by atoms with Gasteiger partial charge < -0.3 is 20.9 Å². The van der Waals surface area contributed by atoms with Gasteiger partial charge in [0.15, 0.2) is 0 Å². The maximum Gasteiger partial charge on any atom is 0.143 e. The first kappa shape index (κ1) is 11.7. The van der Waals surface area contributed by atoms with Gasteiger partial charge in [-0.1, -0.05) is 0 Å². The number of rotatable bonds is 5. The van der Waals surface area contributed by atoms with Crippen LogP contribution < -0.4 is 15.8 Å². The Hall–Kier alpha value is -1.42. The first-order valence-corrected chi connectivity index (χ1v) is 4.99. The molecule has 0 aliphatic carbocycles. The van der Waals surface area contributed by atoms with E-state index in [1.165, 1.54) is 0 Å². The van der Waals surface area contributed by atoms with Gasteiger partial charge in [-0.05, 0) is 25.5 Å². The molecule has 0 fully saturated rings. The fourth-order valence-corrected chi connectivity index (χ4v) is 1.25. The highest BCUT2D eigenvalue weighted by Gasteiger charge is 2.01. The molecule has 1 atom stereocenters. The Morgan fingerprint density at radius 3 is 2.87 bits per heavy atom. The number of hydrogen-bond donors (Lipinski definition) is 3. The lowest BCUT2D eigenvalue weighted by Crippen LogP contribution is -2.09.